The predicted molar refractivity (Wildman–Crippen MR) is 143 cm³/mol. The highest BCUT2D eigenvalue weighted by Gasteiger charge is 2.27. The summed E-state index contributed by atoms with van der Waals surface area (Å²) in [6, 6.07) is 11.3. The molecular formula is C28H37N3O4S. The van der Waals surface area contributed by atoms with Crippen LogP contribution in [-0.2, 0) is 6.42 Å². The third-order valence-corrected chi connectivity index (χ3v) is 8.56. The number of hydrogen-bond acceptors (Lipinski definition) is 4. The van der Waals surface area contributed by atoms with Crippen molar-refractivity contribution >= 4 is 34.4 Å². The number of nitrogens with one attached hydrogen (secondary N) is 1. The second kappa shape index (κ2) is 11.9. The molecule has 2 fully saturated rings. The van der Waals surface area contributed by atoms with Crippen LogP contribution in [0.5, 0.6) is 0 Å². The Bertz CT molecular complexity index is 1160. The minimum Gasteiger partial charge on any atom is -0.450 e. The third kappa shape index (κ3) is 6.46. The van der Waals surface area contributed by atoms with Crippen LogP contribution in [0.15, 0.2) is 35.7 Å². The van der Waals surface area contributed by atoms with Crippen molar-refractivity contribution < 1.29 is 19.8 Å². The molecule has 0 bridgehead atoms. The number of fused-ring (bicyclic) bond motifs is 1. The zero-order valence-electron chi connectivity index (χ0n) is 21.2. The van der Waals surface area contributed by atoms with Crippen molar-refractivity contribution in [1.82, 2.24) is 14.9 Å². The van der Waals surface area contributed by atoms with Gasteiger partial charge in [0.05, 0.1) is 11.0 Å². The number of carboxylic acid groups (broad SMARTS) is 2. The van der Waals surface area contributed by atoms with E-state index in [2.05, 4.69) is 47.3 Å². The van der Waals surface area contributed by atoms with E-state index in [0.717, 1.165) is 42.1 Å². The Labute approximate surface area is 216 Å². The molecule has 0 unspecified atom stereocenters. The molecule has 2 aliphatic rings. The zero-order chi connectivity index (χ0) is 25.7. The molecule has 3 aromatic rings. The van der Waals surface area contributed by atoms with Crippen LogP contribution in [0.3, 0.4) is 0 Å². The third-order valence-electron chi connectivity index (χ3n) is 7.69. The van der Waals surface area contributed by atoms with Crippen LogP contribution in [0, 0.1) is 11.8 Å². The summed E-state index contributed by atoms with van der Waals surface area (Å²) in [7, 11) is 0. The molecule has 1 aromatic carbocycles. The number of carbonyl (C=O) groups is 2. The fraction of sp³-hybridized carbons (Fsp3) is 0.536. The topological polar surface area (TPSA) is 104 Å². The highest BCUT2D eigenvalue weighted by Crippen LogP contribution is 2.37. The molecule has 2 saturated carbocycles. The molecule has 2 atom stereocenters. The van der Waals surface area contributed by atoms with E-state index in [1.807, 2.05) is 12.1 Å². The Morgan fingerprint density at radius 3 is 2.44 bits per heavy atom. The molecule has 2 heterocycles. The Kier molecular flexibility index (Phi) is 8.67. The standard InChI is InChI=1S/C27H35N3OS.CH2O3/c1-18-9-12-21(13-10-18)28-27(31)20-11-14-25-23(16-20)29-26(17-22-7-5-15-32-22)30(25)24-8-4-3-6-19(24)2;2-1(3)4/h5,7,11,14-16,18-19,21,24H,3-4,6,8-10,12-13,17H2,1-2H3,(H,28,31);(H2,2,3,4)/t18?,19-,21?,24-;/m1./s1. The van der Waals surface area contributed by atoms with Crippen LogP contribution in [0.25, 0.3) is 11.0 Å². The number of nitrogens with zero attached hydrogens (tertiary/aromatic N) is 2. The summed E-state index contributed by atoms with van der Waals surface area (Å²) >= 11 is 1.79. The highest BCUT2D eigenvalue weighted by atomic mass is 32.1. The van der Waals surface area contributed by atoms with E-state index in [1.165, 1.54) is 48.9 Å². The summed E-state index contributed by atoms with van der Waals surface area (Å²) < 4.78 is 2.50. The second-order valence-corrected chi connectivity index (χ2v) is 11.4. The van der Waals surface area contributed by atoms with Gasteiger partial charge in [0.1, 0.15) is 5.82 Å². The first-order valence-electron chi connectivity index (χ1n) is 13.1. The molecule has 0 saturated heterocycles. The molecule has 194 valence electrons. The van der Waals surface area contributed by atoms with Crippen molar-refractivity contribution in [1.29, 1.82) is 0 Å². The smallest absolute Gasteiger partial charge is 0.450 e. The first-order valence-corrected chi connectivity index (χ1v) is 14.0. The molecule has 8 heteroatoms. The summed E-state index contributed by atoms with van der Waals surface area (Å²) in [5, 5.41) is 19.4. The van der Waals surface area contributed by atoms with Crippen molar-refractivity contribution in [3.8, 4) is 0 Å². The quantitative estimate of drug-likeness (QED) is 0.343. The number of rotatable bonds is 5. The van der Waals surface area contributed by atoms with Gasteiger partial charge in [0.2, 0.25) is 0 Å². The van der Waals surface area contributed by atoms with E-state index in [-0.39, 0.29) is 5.91 Å². The summed E-state index contributed by atoms with van der Waals surface area (Å²) in [6.45, 7) is 4.70. The summed E-state index contributed by atoms with van der Waals surface area (Å²) in [6.07, 6.45) is 8.73. The lowest BCUT2D eigenvalue weighted by Crippen LogP contribution is -2.37. The minimum absolute atomic E-state index is 0.0480. The van der Waals surface area contributed by atoms with E-state index < -0.39 is 6.16 Å². The Balaban J connectivity index is 0.000000709. The monoisotopic (exact) mass is 511 g/mol. The molecule has 2 aliphatic carbocycles. The maximum absolute atomic E-state index is 13.0. The summed E-state index contributed by atoms with van der Waals surface area (Å²) in [4.78, 5) is 28.0. The first kappa shape index (κ1) is 26.2. The van der Waals surface area contributed by atoms with E-state index in [9.17, 15) is 4.79 Å². The number of hydrogen-bond donors (Lipinski definition) is 3. The van der Waals surface area contributed by atoms with Gasteiger partial charge < -0.3 is 20.1 Å². The van der Waals surface area contributed by atoms with Crippen LogP contribution >= 0.6 is 11.3 Å². The highest BCUT2D eigenvalue weighted by molar-refractivity contribution is 7.09. The molecule has 0 spiro atoms. The van der Waals surface area contributed by atoms with Gasteiger partial charge in [0, 0.05) is 28.9 Å². The van der Waals surface area contributed by atoms with Gasteiger partial charge >= 0.3 is 6.16 Å². The lowest BCUT2D eigenvalue weighted by molar-refractivity contribution is 0.0923. The van der Waals surface area contributed by atoms with Gasteiger partial charge in [-0.3, -0.25) is 4.79 Å². The first-order chi connectivity index (χ1) is 17.3. The fourth-order valence-electron chi connectivity index (χ4n) is 5.71. The van der Waals surface area contributed by atoms with E-state index in [1.54, 1.807) is 11.3 Å². The molecular weight excluding hydrogens is 474 g/mol. The molecule has 3 N–H and O–H groups in total. The number of benzene rings is 1. The van der Waals surface area contributed by atoms with E-state index in [0.29, 0.717) is 18.0 Å². The molecule has 36 heavy (non-hydrogen) atoms. The van der Waals surface area contributed by atoms with Crippen molar-refractivity contribution in [2.45, 2.75) is 83.7 Å². The number of carbonyl (C=O) groups excluding carboxylic acids is 1. The van der Waals surface area contributed by atoms with Crippen molar-refractivity contribution in [2.24, 2.45) is 11.8 Å². The van der Waals surface area contributed by atoms with Crippen molar-refractivity contribution in [2.75, 3.05) is 0 Å². The van der Waals surface area contributed by atoms with E-state index in [4.69, 9.17) is 20.0 Å². The molecule has 2 aromatic heterocycles. The Morgan fingerprint density at radius 2 is 1.78 bits per heavy atom. The SMILES string of the molecule is CC1CCC(NC(=O)c2ccc3c(c2)nc(Cc2cccs2)n3[C@@H]2CCCC[C@H]2C)CC1.O=C(O)O. The van der Waals surface area contributed by atoms with Crippen molar-refractivity contribution in [3.05, 3.63) is 52.0 Å². The van der Waals surface area contributed by atoms with Crippen LogP contribution in [0.2, 0.25) is 0 Å². The van der Waals surface area contributed by atoms with Gasteiger partial charge in [-0.2, -0.15) is 0 Å². The number of aromatic nitrogens is 2. The number of thiophene rings is 1. The average molecular weight is 512 g/mol. The number of imidazole rings is 1. The molecule has 0 aliphatic heterocycles. The second-order valence-electron chi connectivity index (χ2n) is 10.4. The fourth-order valence-corrected chi connectivity index (χ4v) is 6.41. The molecule has 0 radical (unpaired) electrons. The van der Waals surface area contributed by atoms with Gasteiger partial charge in [-0.25, -0.2) is 9.78 Å². The minimum atomic E-state index is -1.83. The lowest BCUT2D eigenvalue weighted by atomic mass is 9.85. The van der Waals surface area contributed by atoms with Gasteiger partial charge in [-0.1, -0.05) is 32.8 Å². The van der Waals surface area contributed by atoms with Crippen LogP contribution in [-0.4, -0.2) is 37.9 Å². The maximum Gasteiger partial charge on any atom is 0.503 e. The van der Waals surface area contributed by atoms with Gasteiger partial charge in [0.25, 0.3) is 5.91 Å². The van der Waals surface area contributed by atoms with Crippen LogP contribution in [0.1, 0.15) is 92.3 Å². The normalized spacial score (nSPS) is 24.1. The average Bonchev–Trinajstić information content (AvgIpc) is 3.48. The predicted octanol–water partition coefficient (Wildman–Crippen LogP) is 6.97. The van der Waals surface area contributed by atoms with Gasteiger partial charge in [-0.05, 0) is 80.0 Å². The van der Waals surface area contributed by atoms with E-state index >= 15 is 0 Å². The molecule has 1 amide bonds. The Hall–Kier alpha value is -2.87. The number of amides is 1. The molecule has 7 nitrogen and oxygen atoms in total. The van der Waals surface area contributed by atoms with Gasteiger partial charge in [-0.15, -0.1) is 11.3 Å². The molecule has 5 rings (SSSR count). The van der Waals surface area contributed by atoms with Crippen LogP contribution in [0.4, 0.5) is 4.79 Å². The van der Waals surface area contributed by atoms with Crippen LogP contribution < -0.4 is 5.32 Å². The zero-order valence-corrected chi connectivity index (χ0v) is 22.0. The largest absolute Gasteiger partial charge is 0.503 e. The summed E-state index contributed by atoms with van der Waals surface area (Å²) in [5.74, 6) is 2.62. The Morgan fingerprint density at radius 1 is 1.06 bits per heavy atom. The lowest BCUT2D eigenvalue weighted by Gasteiger charge is -2.31. The van der Waals surface area contributed by atoms with Gasteiger partial charge in [0.15, 0.2) is 0 Å². The van der Waals surface area contributed by atoms with Crippen molar-refractivity contribution in [3.63, 3.8) is 0 Å². The maximum atomic E-state index is 13.0. The summed E-state index contributed by atoms with van der Waals surface area (Å²) in [5.41, 5.74) is 2.87.